The number of hydrogen-bond donors (Lipinski definition) is 1. The van der Waals surface area contributed by atoms with Crippen LogP contribution in [0.1, 0.15) is 10.4 Å². The van der Waals surface area contributed by atoms with Crippen molar-refractivity contribution in [2.45, 2.75) is 0 Å². The first kappa shape index (κ1) is 20.8. The molecule has 0 aliphatic carbocycles. The number of carbonyl (C=O) groups is 1. The molecule has 0 bridgehead atoms. The van der Waals surface area contributed by atoms with E-state index in [0.29, 0.717) is 22.1 Å². The van der Waals surface area contributed by atoms with Crippen LogP contribution in [0.25, 0.3) is 0 Å². The number of aldehydes is 1. The molecule has 0 atom stereocenters. The molecule has 29 heavy (non-hydrogen) atoms. The maximum atomic E-state index is 11.3. The molecule has 1 aliphatic heterocycles. The highest BCUT2D eigenvalue weighted by Gasteiger charge is 2.14. The minimum absolute atomic E-state index is 0.295. The molecule has 1 heterocycles. The van der Waals surface area contributed by atoms with Gasteiger partial charge in [-0.2, -0.15) is 0 Å². The molecule has 1 aliphatic rings. The van der Waals surface area contributed by atoms with Crippen molar-refractivity contribution < 1.29 is 4.79 Å². The molecule has 150 valence electrons. The Morgan fingerprint density at radius 3 is 2.45 bits per heavy atom. The zero-order chi connectivity index (χ0) is 20.6. The van der Waals surface area contributed by atoms with Gasteiger partial charge in [0.1, 0.15) is 5.03 Å². The number of nitrogens with zero attached hydrogens (tertiary/aromatic N) is 4. The first-order valence-electron chi connectivity index (χ1n) is 9.36. The van der Waals surface area contributed by atoms with Crippen molar-refractivity contribution in [2.24, 2.45) is 9.98 Å². The number of likely N-dealkylation sites (N-methyl/N-ethyl adjacent to an activating group) is 1. The van der Waals surface area contributed by atoms with Crippen LogP contribution >= 0.6 is 11.6 Å². The van der Waals surface area contributed by atoms with E-state index in [1.54, 1.807) is 18.2 Å². The predicted molar refractivity (Wildman–Crippen MR) is 122 cm³/mol. The second-order valence-corrected chi connectivity index (χ2v) is 7.17. The van der Waals surface area contributed by atoms with Gasteiger partial charge in [0, 0.05) is 49.3 Å². The summed E-state index contributed by atoms with van der Waals surface area (Å²) in [5.74, 6) is 0.390. The van der Waals surface area contributed by atoms with Gasteiger partial charge in [0.15, 0.2) is 12.1 Å². The van der Waals surface area contributed by atoms with Gasteiger partial charge < -0.3 is 15.1 Å². The number of anilines is 2. The van der Waals surface area contributed by atoms with Crippen LogP contribution < -0.4 is 10.2 Å². The Bertz CT molecular complexity index is 915. The molecular formula is C22H24ClN5O. The van der Waals surface area contributed by atoms with Crippen LogP contribution in [-0.4, -0.2) is 57.0 Å². The lowest BCUT2D eigenvalue weighted by Gasteiger charge is -2.34. The van der Waals surface area contributed by atoms with E-state index >= 15 is 0 Å². The topological polar surface area (TPSA) is 60.3 Å². The molecule has 7 heteroatoms. The summed E-state index contributed by atoms with van der Waals surface area (Å²) in [5, 5.41) is 3.52. The fraction of sp³-hybridized carbons (Fsp3) is 0.227. The molecule has 0 aromatic heterocycles. The lowest BCUT2D eigenvalue weighted by atomic mass is 10.2. The highest BCUT2D eigenvalue weighted by molar-refractivity contribution is 6.45. The van der Waals surface area contributed by atoms with Gasteiger partial charge in [-0.15, -0.1) is 0 Å². The van der Waals surface area contributed by atoms with Gasteiger partial charge in [-0.25, -0.2) is 4.99 Å². The second-order valence-electron chi connectivity index (χ2n) is 6.76. The molecule has 2 aromatic rings. The molecule has 0 amide bonds. The largest absolute Gasteiger partial charge is 0.369 e. The van der Waals surface area contributed by atoms with Crippen LogP contribution in [0.3, 0.4) is 0 Å². The third kappa shape index (κ3) is 5.53. The summed E-state index contributed by atoms with van der Waals surface area (Å²) < 4.78 is 0. The monoisotopic (exact) mass is 409 g/mol. The lowest BCUT2D eigenvalue weighted by molar-refractivity contribution is 0.112. The Morgan fingerprint density at radius 1 is 1.10 bits per heavy atom. The average Bonchev–Trinajstić information content (AvgIpc) is 2.75. The van der Waals surface area contributed by atoms with E-state index in [1.807, 2.05) is 18.2 Å². The van der Waals surface area contributed by atoms with E-state index in [1.165, 1.54) is 11.9 Å². The average molecular weight is 410 g/mol. The summed E-state index contributed by atoms with van der Waals surface area (Å²) in [6.07, 6.45) is 2.18. The molecule has 0 radical (unpaired) electrons. The molecule has 6 nitrogen and oxygen atoms in total. The summed E-state index contributed by atoms with van der Waals surface area (Å²) in [6.45, 7) is 7.58. The summed E-state index contributed by atoms with van der Waals surface area (Å²) in [5.41, 5.74) is 3.02. The summed E-state index contributed by atoms with van der Waals surface area (Å²) in [4.78, 5) is 24.2. The molecule has 3 rings (SSSR count). The van der Waals surface area contributed by atoms with E-state index in [-0.39, 0.29) is 0 Å². The highest BCUT2D eigenvalue weighted by Crippen LogP contribution is 2.23. The van der Waals surface area contributed by atoms with Crippen molar-refractivity contribution >= 4 is 47.5 Å². The van der Waals surface area contributed by atoms with Crippen LogP contribution in [0.5, 0.6) is 0 Å². The normalized spacial score (nSPS) is 15.9. The maximum Gasteiger partial charge on any atom is 0.152 e. The SMILES string of the molecule is C=N/C=C(/Cl)C(=Nc1ccccc1C=O)Nc1ccc(N2CCN(C)CC2)cc1. The highest BCUT2D eigenvalue weighted by atomic mass is 35.5. The number of rotatable bonds is 6. The van der Waals surface area contributed by atoms with E-state index in [9.17, 15) is 4.79 Å². The Balaban J connectivity index is 1.83. The summed E-state index contributed by atoms with van der Waals surface area (Å²) in [6, 6.07) is 15.2. The molecule has 1 fully saturated rings. The molecule has 0 saturated carbocycles. The van der Waals surface area contributed by atoms with Crippen molar-refractivity contribution in [2.75, 3.05) is 43.4 Å². The number of para-hydroxylation sites is 1. The van der Waals surface area contributed by atoms with Gasteiger partial charge in [0.05, 0.1) is 5.69 Å². The van der Waals surface area contributed by atoms with Crippen molar-refractivity contribution in [3.63, 3.8) is 0 Å². The Hall–Kier alpha value is -2.96. The molecule has 0 spiro atoms. The number of amidine groups is 1. The van der Waals surface area contributed by atoms with Gasteiger partial charge in [0.25, 0.3) is 0 Å². The quantitative estimate of drug-likeness (QED) is 0.442. The third-order valence-electron chi connectivity index (χ3n) is 4.73. The minimum Gasteiger partial charge on any atom is -0.369 e. The van der Waals surface area contributed by atoms with E-state index in [4.69, 9.17) is 11.6 Å². The Labute approximate surface area is 176 Å². The fourth-order valence-corrected chi connectivity index (χ4v) is 3.21. The first-order chi connectivity index (χ1) is 14.1. The van der Waals surface area contributed by atoms with Gasteiger partial charge in [-0.05, 0) is 50.2 Å². The van der Waals surface area contributed by atoms with Crippen LogP contribution in [0.4, 0.5) is 17.1 Å². The van der Waals surface area contributed by atoms with Gasteiger partial charge in [-0.3, -0.25) is 9.79 Å². The van der Waals surface area contributed by atoms with Crippen LogP contribution in [0.2, 0.25) is 0 Å². The molecular weight excluding hydrogens is 386 g/mol. The first-order valence-corrected chi connectivity index (χ1v) is 9.74. The third-order valence-corrected chi connectivity index (χ3v) is 5.00. The Kier molecular flexibility index (Phi) is 7.16. The Morgan fingerprint density at radius 2 is 1.79 bits per heavy atom. The number of piperazine rings is 1. The van der Waals surface area contributed by atoms with Crippen LogP contribution in [-0.2, 0) is 0 Å². The number of halogens is 1. The van der Waals surface area contributed by atoms with Crippen LogP contribution in [0.15, 0.2) is 69.7 Å². The number of carbonyl (C=O) groups excluding carboxylic acids is 1. The maximum absolute atomic E-state index is 11.3. The second kappa shape index (κ2) is 10.0. The van der Waals surface area contributed by atoms with Crippen molar-refractivity contribution in [3.8, 4) is 0 Å². The van der Waals surface area contributed by atoms with Crippen LogP contribution in [0, 0.1) is 0 Å². The number of aliphatic imine (C=N–C) groups is 2. The van der Waals surface area contributed by atoms with Gasteiger partial charge in [0.2, 0.25) is 0 Å². The molecule has 1 N–H and O–H groups in total. The summed E-state index contributed by atoms with van der Waals surface area (Å²) >= 11 is 6.34. The lowest BCUT2D eigenvalue weighted by Crippen LogP contribution is -2.44. The predicted octanol–water partition coefficient (Wildman–Crippen LogP) is 4.17. The van der Waals surface area contributed by atoms with E-state index < -0.39 is 0 Å². The fourth-order valence-electron chi connectivity index (χ4n) is 3.05. The molecule has 0 unspecified atom stereocenters. The minimum atomic E-state index is 0.295. The smallest absolute Gasteiger partial charge is 0.152 e. The summed E-state index contributed by atoms with van der Waals surface area (Å²) in [7, 11) is 2.14. The standard InChI is InChI=1S/C22H24ClN5O/c1-24-15-20(23)22(26-21-6-4-3-5-17(21)16-29)25-18-7-9-19(10-8-18)28-13-11-27(2)12-14-28/h3-10,15-16H,1,11-14H2,2H3,(H,25,26)/b20-15+. The zero-order valence-corrected chi connectivity index (χ0v) is 17.1. The van der Waals surface area contributed by atoms with Crippen molar-refractivity contribution in [1.29, 1.82) is 0 Å². The molecule has 1 saturated heterocycles. The number of hydrogen-bond acceptors (Lipinski definition) is 5. The van der Waals surface area contributed by atoms with Crippen molar-refractivity contribution in [3.05, 3.63) is 65.3 Å². The number of nitrogens with one attached hydrogen (secondary N) is 1. The van der Waals surface area contributed by atoms with E-state index in [2.05, 4.69) is 51.0 Å². The zero-order valence-electron chi connectivity index (χ0n) is 16.4. The molecule has 2 aromatic carbocycles. The van der Waals surface area contributed by atoms with E-state index in [0.717, 1.165) is 38.2 Å². The van der Waals surface area contributed by atoms with Gasteiger partial charge >= 0.3 is 0 Å². The number of benzene rings is 2. The van der Waals surface area contributed by atoms with Crippen molar-refractivity contribution in [1.82, 2.24) is 4.90 Å². The van der Waals surface area contributed by atoms with Gasteiger partial charge in [-0.1, -0.05) is 23.7 Å².